The number of hydrogen-bond acceptors (Lipinski definition) is 6. The highest BCUT2D eigenvalue weighted by Gasteiger charge is 2.30. The Morgan fingerprint density at radius 3 is 2.50 bits per heavy atom. The van der Waals surface area contributed by atoms with Crippen LogP contribution in [0.1, 0.15) is 21.5 Å². The van der Waals surface area contributed by atoms with Crippen molar-refractivity contribution in [1.29, 1.82) is 0 Å². The average Bonchev–Trinajstić information content (AvgIpc) is 3.55. The van der Waals surface area contributed by atoms with E-state index in [2.05, 4.69) is 39.5 Å². The van der Waals surface area contributed by atoms with Crippen LogP contribution in [0.2, 0.25) is 0 Å². The zero-order valence-electron chi connectivity index (χ0n) is 17.7. The quantitative estimate of drug-likeness (QED) is 0.483. The van der Waals surface area contributed by atoms with Gasteiger partial charge in [0.15, 0.2) is 0 Å². The summed E-state index contributed by atoms with van der Waals surface area (Å²) in [4.78, 5) is 18.6. The Kier molecular flexibility index (Phi) is 5.47. The predicted molar refractivity (Wildman–Crippen MR) is 117 cm³/mol. The maximum Gasteiger partial charge on any atom is 0.256 e. The second-order valence-electron chi connectivity index (χ2n) is 7.70. The first-order valence-corrected chi connectivity index (χ1v) is 10.5. The molecule has 2 aromatic carbocycles. The lowest BCUT2D eigenvalue weighted by molar-refractivity contribution is -0.00168. The number of benzene rings is 2. The van der Waals surface area contributed by atoms with Crippen LogP contribution in [0.5, 0.6) is 0 Å². The Labute approximate surface area is 185 Å². The fourth-order valence-corrected chi connectivity index (χ4v) is 4.02. The van der Waals surface area contributed by atoms with Crippen molar-refractivity contribution in [3.8, 4) is 11.4 Å². The number of nitrogens with zero attached hydrogens (tertiary/aromatic N) is 7. The topological polar surface area (TPSA) is 91.0 Å². The van der Waals surface area contributed by atoms with E-state index in [-0.39, 0.29) is 11.9 Å². The van der Waals surface area contributed by atoms with Gasteiger partial charge in [0, 0.05) is 6.54 Å². The second-order valence-corrected chi connectivity index (χ2v) is 7.70. The number of aromatic nitrogens is 6. The smallest absolute Gasteiger partial charge is 0.256 e. The minimum absolute atomic E-state index is 0.0475. The molecule has 3 heterocycles. The number of carbonyl (C=O) groups excluding carboxylic acids is 1. The summed E-state index contributed by atoms with van der Waals surface area (Å²) in [5, 5.41) is 16.9. The van der Waals surface area contributed by atoms with Crippen molar-refractivity contribution in [2.24, 2.45) is 0 Å². The zero-order valence-corrected chi connectivity index (χ0v) is 17.7. The summed E-state index contributed by atoms with van der Waals surface area (Å²) >= 11 is 0. The molecule has 1 atom stereocenters. The molecule has 9 heteroatoms. The number of para-hydroxylation sites is 1. The first-order chi connectivity index (χ1) is 15.7. The van der Waals surface area contributed by atoms with Crippen molar-refractivity contribution in [3.63, 3.8) is 0 Å². The van der Waals surface area contributed by atoms with Crippen molar-refractivity contribution in [2.45, 2.75) is 19.4 Å². The van der Waals surface area contributed by atoms with Crippen molar-refractivity contribution in [1.82, 2.24) is 34.9 Å². The molecular weight excluding hydrogens is 406 g/mol. The van der Waals surface area contributed by atoms with Gasteiger partial charge in [-0.2, -0.15) is 30.0 Å². The van der Waals surface area contributed by atoms with E-state index < -0.39 is 0 Å². The summed E-state index contributed by atoms with van der Waals surface area (Å²) in [7, 11) is 0. The van der Waals surface area contributed by atoms with Gasteiger partial charge in [-0.05, 0) is 48.7 Å². The third kappa shape index (κ3) is 3.90. The minimum Gasteiger partial charge on any atom is -0.377 e. The number of morpholine rings is 1. The summed E-state index contributed by atoms with van der Waals surface area (Å²) < 4.78 is 5.76. The van der Waals surface area contributed by atoms with Crippen molar-refractivity contribution >= 4 is 5.91 Å². The summed E-state index contributed by atoms with van der Waals surface area (Å²) in [5.41, 5.74) is 4.41. The van der Waals surface area contributed by atoms with E-state index in [1.54, 1.807) is 29.6 Å². The van der Waals surface area contributed by atoms with Gasteiger partial charge in [-0.25, -0.2) is 0 Å². The summed E-state index contributed by atoms with van der Waals surface area (Å²) in [6, 6.07) is 13.5. The van der Waals surface area contributed by atoms with Gasteiger partial charge in [-0.3, -0.25) is 4.79 Å². The van der Waals surface area contributed by atoms with Gasteiger partial charge >= 0.3 is 0 Å². The molecule has 162 valence electrons. The molecule has 0 aliphatic carbocycles. The van der Waals surface area contributed by atoms with E-state index in [0.29, 0.717) is 37.4 Å². The standard InChI is InChI=1S/C23H23N7O2/c1-17-6-7-19(29-24-8-9-25-29)14-18(17)15-20-16-32-13-12-28(20)23(31)21-4-2-3-5-22(21)30-26-10-11-27-30/h2-11,14,20H,12-13,15-16H2,1H3. The molecule has 1 saturated heterocycles. The normalized spacial score (nSPS) is 16.3. The Bertz CT molecular complexity index is 1210. The van der Waals surface area contributed by atoms with Crippen LogP contribution in [0, 0.1) is 6.92 Å². The largest absolute Gasteiger partial charge is 0.377 e. The van der Waals surface area contributed by atoms with Crippen LogP contribution in [0.15, 0.2) is 67.3 Å². The first kappa shape index (κ1) is 20.1. The lowest BCUT2D eigenvalue weighted by Gasteiger charge is -2.36. The predicted octanol–water partition coefficient (Wildman–Crippen LogP) is 2.24. The fraction of sp³-hybridized carbons (Fsp3) is 0.261. The lowest BCUT2D eigenvalue weighted by Crippen LogP contribution is -2.50. The number of amides is 1. The summed E-state index contributed by atoms with van der Waals surface area (Å²) in [6.45, 7) is 3.60. The molecule has 5 rings (SSSR count). The van der Waals surface area contributed by atoms with Crippen LogP contribution in [-0.4, -0.2) is 66.6 Å². The molecule has 1 aliphatic rings. The van der Waals surface area contributed by atoms with Gasteiger partial charge in [-0.1, -0.05) is 18.2 Å². The second kappa shape index (κ2) is 8.72. The minimum atomic E-state index is -0.0885. The molecule has 0 radical (unpaired) electrons. The lowest BCUT2D eigenvalue weighted by atomic mass is 9.98. The Balaban J connectivity index is 1.44. The molecule has 0 spiro atoms. The van der Waals surface area contributed by atoms with Gasteiger partial charge in [0.1, 0.15) is 0 Å². The molecule has 4 aromatic rings. The molecule has 0 bridgehead atoms. The third-order valence-corrected chi connectivity index (χ3v) is 5.70. The Hall–Kier alpha value is -3.85. The summed E-state index contributed by atoms with van der Waals surface area (Å²) in [5.74, 6) is -0.0475. The fourth-order valence-electron chi connectivity index (χ4n) is 4.02. The van der Waals surface area contributed by atoms with E-state index in [1.165, 1.54) is 4.80 Å². The van der Waals surface area contributed by atoms with E-state index in [0.717, 1.165) is 16.8 Å². The SMILES string of the molecule is Cc1ccc(-n2nccn2)cc1CC1COCCN1C(=O)c1ccccc1-n1nccn1. The van der Waals surface area contributed by atoms with Gasteiger partial charge in [0.05, 0.1) is 61.0 Å². The molecular formula is C23H23N7O2. The first-order valence-electron chi connectivity index (χ1n) is 10.5. The van der Waals surface area contributed by atoms with Crippen molar-refractivity contribution in [3.05, 3.63) is 83.9 Å². The van der Waals surface area contributed by atoms with E-state index in [1.807, 2.05) is 35.2 Å². The highest BCUT2D eigenvalue weighted by atomic mass is 16.5. The number of hydrogen-bond donors (Lipinski definition) is 0. The van der Waals surface area contributed by atoms with Crippen LogP contribution in [0.4, 0.5) is 0 Å². The van der Waals surface area contributed by atoms with E-state index >= 15 is 0 Å². The molecule has 0 saturated carbocycles. The van der Waals surface area contributed by atoms with Gasteiger partial charge in [-0.15, -0.1) is 0 Å². The molecule has 1 amide bonds. The highest BCUT2D eigenvalue weighted by Crippen LogP contribution is 2.22. The van der Waals surface area contributed by atoms with Crippen LogP contribution in [-0.2, 0) is 11.2 Å². The number of aryl methyl sites for hydroxylation is 1. The van der Waals surface area contributed by atoms with Crippen LogP contribution < -0.4 is 0 Å². The highest BCUT2D eigenvalue weighted by molar-refractivity contribution is 5.98. The molecule has 0 N–H and O–H groups in total. The number of carbonyl (C=O) groups is 1. The van der Waals surface area contributed by atoms with Crippen LogP contribution >= 0.6 is 0 Å². The van der Waals surface area contributed by atoms with Crippen LogP contribution in [0.25, 0.3) is 11.4 Å². The zero-order chi connectivity index (χ0) is 21.9. The third-order valence-electron chi connectivity index (χ3n) is 5.70. The van der Waals surface area contributed by atoms with E-state index in [4.69, 9.17) is 4.74 Å². The van der Waals surface area contributed by atoms with Crippen LogP contribution in [0.3, 0.4) is 0 Å². The molecule has 2 aromatic heterocycles. The Morgan fingerprint density at radius 1 is 1.00 bits per heavy atom. The van der Waals surface area contributed by atoms with Gasteiger partial charge < -0.3 is 9.64 Å². The monoisotopic (exact) mass is 429 g/mol. The van der Waals surface area contributed by atoms with Gasteiger partial charge in [0.25, 0.3) is 5.91 Å². The molecule has 1 aliphatic heterocycles. The molecule has 1 unspecified atom stereocenters. The molecule has 1 fully saturated rings. The van der Waals surface area contributed by atoms with Gasteiger partial charge in [0.2, 0.25) is 0 Å². The van der Waals surface area contributed by atoms with Crippen molar-refractivity contribution in [2.75, 3.05) is 19.8 Å². The average molecular weight is 429 g/mol. The molecule has 32 heavy (non-hydrogen) atoms. The number of rotatable bonds is 5. The number of ether oxygens (including phenoxy) is 1. The van der Waals surface area contributed by atoms with Crippen molar-refractivity contribution < 1.29 is 9.53 Å². The summed E-state index contributed by atoms with van der Waals surface area (Å²) in [6.07, 6.45) is 7.18. The Morgan fingerprint density at radius 2 is 1.72 bits per heavy atom. The maximum absolute atomic E-state index is 13.6. The maximum atomic E-state index is 13.6. The molecule has 9 nitrogen and oxygen atoms in total. The van der Waals surface area contributed by atoms with E-state index in [9.17, 15) is 4.79 Å².